The highest BCUT2D eigenvalue weighted by Crippen LogP contribution is 2.17. The first-order chi connectivity index (χ1) is 8.97. The number of rotatable bonds is 3. The molecule has 5 heteroatoms. The Kier molecular flexibility index (Phi) is 3.37. The Labute approximate surface area is 111 Å². The normalized spacial score (nSPS) is 14.8. The van der Waals surface area contributed by atoms with Gasteiger partial charge >= 0.3 is 0 Å². The maximum atomic E-state index is 11.9. The monoisotopic (exact) mass is 257 g/mol. The lowest BCUT2D eigenvalue weighted by atomic mass is 10.1. The van der Waals surface area contributed by atoms with Crippen LogP contribution in [0.2, 0.25) is 0 Å². The van der Waals surface area contributed by atoms with Gasteiger partial charge in [-0.2, -0.15) is 0 Å². The molecule has 0 aliphatic heterocycles. The molecule has 1 aliphatic carbocycles. The van der Waals surface area contributed by atoms with Gasteiger partial charge in [-0.15, -0.1) is 0 Å². The van der Waals surface area contributed by atoms with Crippen LogP contribution in [0.15, 0.2) is 47.8 Å². The van der Waals surface area contributed by atoms with Crippen LogP contribution in [0, 0.1) is 0 Å². The lowest BCUT2D eigenvalue weighted by molar-refractivity contribution is -0.116. The van der Waals surface area contributed by atoms with Gasteiger partial charge in [0.1, 0.15) is 0 Å². The Bertz CT molecular complexity index is 583. The second kappa shape index (κ2) is 4.97. The number of nitrogens with zero attached hydrogens (tertiary/aromatic N) is 1. The Morgan fingerprint density at radius 3 is 2.21 bits per heavy atom. The Hall–Kier alpha value is -2.56. The summed E-state index contributed by atoms with van der Waals surface area (Å²) in [5.41, 5.74) is 7.58. The van der Waals surface area contributed by atoms with E-state index in [0.29, 0.717) is 17.1 Å². The minimum atomic E-state index is -0.222. The molecule has 0 aromatic heterocycles. The molecule has 0 fully saturated rings. The van der Waals surface area contributed by atoms with E-state index in [2.05, 4.69) is 5.32 Å². The van der Waals surface area contributed by atoms with Crippen molar-refractivity contribution in [3.8, 4) is 0 Å². The molecule has 0 atom stereocenters. The third-order valence-corrected chi connectivity index (χ3v) is 2.73. The van der Waals surface area contributed by atoms with Crippen molar-refractivity contribution < 1.29 is 9.59 Å². The van der Waals surface area contributed by atoms with Crippen molar-refractivity contribution in [1.82, 2.24) is 4.90 Å². The van der Waals surface area contributed by atoms with Crippen LogP contribution in [-0.2, 0) is 9.59 Å². The van der Waals surface area contributed by atoms with Crippen molar-refractivity contribution >= 4 is 22.9 Å². The fourth-order valence-corrected chi connectivity index (χ4v) is 1.72. The van der Waals surface area contributed by atoms with Crippen LogP contribution in [0.5, 0.6) is 0 Å². The van der Waals surface area contributed by atoms with Gasteiger partial charge in [0.15, 0.2) is 0 Å². The molecule has 0 unspecified atom stereocenters. The quantitative estimate of drug-likeness (QED) is 0.628. The highest BCUT2D eigenvalue weighted by molar-refractivity contribution is 6.20. The Morgan fingerprint density at radius 2 is 1.63 bits per heavy atom. The van der Waals surface area contributed by atoms with E-state index >= 15 is 0 Å². The Morgan fingerprint density at radius 1 is 1.00 bits per heavy atom. The van der Waals surface area contributed by atoms with Crippen LogP contribution in [0.4, 0.5) is 11.4 Å². The zero-order valence-corrected chi connectivity index (χ0v) is 10.8. The zero-order chi connectivity index (χ0) is 14.0. The number of nitrogen functional groups attached to an aromatic ring is 1. The molecular weight excluding hydrogens is 242 g/mol. The van der Waals surface area contributed by atoms with Gasteiger partial charge in [-0.3, -0.25) is 9.59 Å². The summed E-state index contributed by atoms with van der Waals surface area (Å²) in [5, 5.41) is 2.92. The van der Waals surface area contributed by atoms with Gasteiger partial charge in [-0.25, -0.2) is 0 Å². The van der Waals surface area contributed by atoms with E-state index in [4.69, 9.17) is 5.73 Å². The number of nitrogens with one attached hydrogen (secondary N) is 1. The number of anilines is 2. The maximum Gasteiger partial charge on any atom is 0.204 e. The van der Waals surface area contributed by atoms with Crippen LogP contribution < -0.4 is 11.1 Å². The minimum Gasteiger partial charge on any atom is -0.399 e. The highest BCUT2D eigenvalue weighted by atomic mass is 16.1. The van der Waals surface area contributed by atoms with E-state index in [9.17, 15) is 9.59 Å². The van der Waals surface area contributed by atoms with Crippen molar-refractivity contribution in [2.45, 2.75) is 0 Å². The molecule has 3 N–H and O–H groups in total. The molecule has 1 aromatic carbocycles. The fraction of sp³-hybridized carbons (Fsp3) is 0.143. The van der Waals surface area contributed by atoms with E-state index in [1.807, 2.05) is 0 Å². The van der Waals surface area contributed by atoms with Crippen LogP contribution >= 0.6 is 0 Å². The third-order valence-electron chi connectivity index (χ3n) is 2.73. The summed E-state index contributed by atoms with van der Waals surface area (Å²) in [7, 11) is 3.45. The first-order valence-electron chi connectivity index (χ1n) is 5.79. The van der Waals surface area contributed by atoms with Crippen molar-refractivity contribution in [1.29, 1.82) is 0 Å². The summed E-state index contributed by atoms with van der Waals surface area (Å²) in [6.45, 7) is 0. The number of carbonyl (C=O) groups excluding carboxylic acids is 2. The largest absolute Gasteiger partial charge is 0.399 e. The van der Waals surface area contributed by atoms with Crippen molar-refractivity contribution in [2.24, 2.45) is 0 Å². The van der Waals surface area contributed by atoms with Gasteiger partial charge in [0.25, 0.3) is 0 Å². The maximum absolute atomic E-state index is 11.9. The fourth-order valence-electron chi connectivity index (χ4n) is 1.72. The van der Waals surface area contributed by atoms with E-state index in [1.54, 1.807) is 43.3 Å². The summed E-state index contributed by atoms with van der Waals surface area (Å²) < 4.78 is 0. The van der Waals surface area contributed by atoms with E-state index < -0.39 is 0 Å². The van der Waals surface area contributed by atoms with Crippen LogP contribution in [0.1, 0.15) is 0 Å². The van der Waals surface area contributed by atoms with Crippen molar-refractivity contribution in [2.75, 3.05) is 25.1 Å². The molecule has 0 radical (unpaired) electrons. The average Bonchev–Trinajstić information content (AvgIpc) is 2.35. The van der Waals surface area contributed by atoms with E-state index in [0.717, 1.165) is 0 Å². The predicted octanol–water partition coefficient (Wildman–Crippen LogP) is 1.16. The lowest BCUT2D eigenvalue weighted by Gasteiger charge is -2.19. The molecule has 1 aromatic rings. The summed E-state index contributed by atoms with van der Waals surface area (Å²) in [6, 6.07) is 6.94. The topological polar surface area (TPSA) is 75.4 Å². The SMILES string of the molecule is CN(C)C1=CC(=O)C(Nc2ccc(N)cc2)=CC1=O. The smallest absolute Gasteiger partial charge is 0.204 e. The van der Waals surface area contributed by atoms with Gasteiger partial charge in [0, 0.05) is 37.6 Å². The number of allylic oxidation sites excluding steroid dienone is 2. The van der Waals surface area contributed by atoms with Crippen LogP contribution in [-0.4, -0.2) is 30.6 Å². The summed E-state index contributed by atoms with van der Waals surface area (Å²) in [4.78, 5) is 25.4. The van der Waals surface area contributed by atoms with E-state index in [1.165, 1.54) is 12.2 Å². The number of hydrogen-bond donors (Lipinski definition) is 2. The van der Waals surface area contributed by atoms with Crippen molar-refractivity contribution in [3.05, 3.63) is 47.8 Å². The van der Waals surface area contributed by atoms with Gasteiger partial charge in [-0.05, 0) is 24.3 Å². The number of hydrogen-bond acceptors (Lipinski definition) is 5. The van der Waals surface area contributed by atoms with Gasteiger partial charge < -0.3 is 16.0 Å². The summed E-state index contributed by atoms with van der Waals surface area (Å²) >= 11 is 0. The number of nitrogens with two attached hydrogens (primary N) is 1. The summed E-state index contributed by atoms with van der Waals surface area (Å²) in [5.74, 6) is -0.414. The van der Waals surface area contributed by atoms with Crippen LogP contribution in [0.25, 0.3) is 0 Å². The Balaban J connectivity index is 2.19. The zero-order valence-electron chi connectivity index (χ0n) is 10.8. The lowest BCUT2D eigenvalue weighted by Crippen LogP contribution is -2.25. The van der Waals surface area contributed by atoms with Gasteiger partial charge in [-0.1, -0.05) is 0 Å². The molecule has 0 heterocycles. The summed E-state index contributed by atoms with van der Waals surface area (Å²) in [6.07, 6.45) is 2.65. The first-order valence-corrected chi connectivity index (χ1v) is 5.79. The molecule has 0 spiro atoms. The van der Waals surface area contributed by atoms with E-state index in [-0.39, 0.29) is 17.3 Å². The third kappa shape index (κ3) is 2.82. The van der Waals surface area contributed by atoms with Crippen molar-refractivity contribution in [3.63, 3.8) is 0 Å². The average molecular weight is 257 g/mol. The minimum absolute atomic E-state index is 0.192. The number of likely N-dealkylation sites (N-methyl/N-ethyl adjacent to an activating group) is 1. The molecule has 0 saturated carbocycles. The molecule has 0 bridgehead atoms. The molecule has 0 amide bonds. The molecule has 5 nitrogen and oxygen atoms in total. The number of benzene rings is 1. The molecule has 0 saturated heterocycles. The van der Waals surface area contributed by atoms with Crippen LogP contribution in [0.3, 0.4) is 0 Å². The molecule has 98 valence electrons. The van der Waals surface area contributed by atoms with Gasteiger partial charge in [0.2, 0.25) is 11.6 Å². The molecule has 19 heavy (non-hydrogen) atoms. The second-order valence-corrected chi connectivity index (χ2v) is 4.46. The molecule has 2 rings (SSSR count). The van der Waals surface area contributed by atoms with Gasteiger partial charge in [0.05, 0.1) is 11.4 Å². The highest BCUT2D eigenvalue weighted by Gasteiger charge is 2.21. The second-order valence-electron chi connectivity index (χ2n) is 4.46. The standard InChI is InChI=1S/C14H15N3O2/c1-17(2)12-8-13(18)11(7-14(12)19)16-10-5-3-9(15)4-6-10/h3-8,16H,15H2,1-2H3. The predicted molar refractivity (Wildman–Crippen MR) is 74.3 cm³/mol. The molecule has 1 aliphatic rings. The first kappa shape index (κ1) is 12.9. The number of ketones is 2. The molecular formula is C14H15N3O2. The number of carbonyl (C=O) groups is 2.